The number of hydrogen-bond donors (Lipinski definition) is 0. The first-order valence-electron chi connectivity index (χ1n) is 5.38. The Morgan fingerprint density at radius 2 is 2.11 bits per heavy atom. The monoisotopic (exact) mass is 312 g/mol. The fourth-order valence-corrected chi connectivity index (χ4v) is 2.07. The number of hydrogen-bond acceptors (Lipinski definition) is 2. The van der Waals surface area contributed by atoms with Crippen molar-refractivity contribution in [3.8, 4) is 11.4 Å². The molecule has 0 aliphatic heterocycles. The van der Waals surface area contributed by atoms with Crippen molar-refractivity contribution in [2.24, 2.45) is 0 Å². The van der Waals surface area contributed by atoms with Gasteiger partial charge in [-0.25, -0.2) is 18.7 Å². The molecule has 0 radical (unpaired) electrons. The van der Waals surface area contributed by atoms with Crippen LogP contribution in [0.25, 0.3) is 11.4 Å². The first kappa shape index (κ1) is 13.1. The van der Waals surface area contributed by atoms with Gasteiger partial charge in [-0.2, -0.15) is 0 Å². The minimum Gasteiger partial charge on any atom is -0.236 e. The van der Waals surface area contributed by atoms with Crippen molar-refractivity contribution in [1.29, 1.82) is 0 Å². The standard InChI is InChI=1S/C13H11BrF2N2/c1-8-3-2-4-9(5-8)13-17-7-10(6-14)11(18-13)12(15)16/h2-5,7,12H,6H2,1H3. The second-order valence-corrected chi connectivity index (χ2v) is 4.47. The minimum atomic E-state index is -2.59. The van der Waals surface area contributed by atoms with Crippen LogP contribution in [0.2, 0.25) is 0 Å². The smallest absolute Gasteiger partial charge is 0.236 e. The van der Waals surface area contributed by atoms with E-state index in [-0.39, 0.29) is 5.69 Å². The van der Waals surface area contributed by atoms with Crippen LogP contribution in [0.4, 0.5) is 8.78 Å². The molecule has 0 amide bonds. The highest BCUT2D eigenvalue weighted by Crippen LogP contribution is 2.25. The fraction of sp³-hybridized carbons (Fsp3) is 0.231. The number of alkyl halides is 3. The van der Waals surface area contributed by atoms with E-state index in [1.54, 1.807) is 0 Å². The number of rotatable bonds is 3. The normalized spacial score (nSPS) is 10.9. The quantitative estimate of drug-likeness (QED) is 0.790. The molecule has 0 unspecified atom stereocenters. The maximum absolute atomic E-state index is 12.9. The molecule has 0 saturated carbocycles. The van der Waals surface area contributed by atoms with Crippen LogP contribution >= 0.6 is 15.9 Å². The zero-order valence-electron chi connectivity index (χ0n) is 9.70. The number of nitrogens with zero attached hydrogens (tertiary/aromatic N) is 2. The molecule has 2 nitrogen and oxygen atoms in total. The van der Waals surface area contributed by atoms with E-state index in [1.807, 2.05) is 31.2 Å². The van der Waals surface area contributed by atoms with E-state index in [9.17, 15) is 8.78 Å². The molecule has 0 aliphatic carbocycles. The number of halogens is 3. The highest BCUT2D eigenvalue weighted by Gasteiger charge is 2.16. The van der Waals surface area contributed by atoms with Gasteiger partial charge in [0.1, 0.15) is 5.69 Å². The third-order valence-corrected chi connectivity index (χ3v) is 3.13. The van der Waals surface area contributed by atoms with Crippen molar-refractivity contribution in [3.63, 3.8) is 0 Å². The summed E-state index contributed by atoms with van der Waals surface area (Å²) in [7, 11) is 0. The Kier molecular flexibility index (Phi) is 4.01. The van der Waals surface area contributed by atoms with Gasteiger partial charge in [0.05, 0.1) is 0 Å². The van der Waals surface area contributed by atoms with Gasteiger partial charge in [0.25, 0.3) is 6.43 Å². The van der Waals surface area contributed by atoms with E-state index >= 15 is 0 Å². The summed E-state index contributed by atoms with van der Waals surface area (Å²) in [5.74, 6) is 0.332. The van der Waals surface area contributed by atoms with Gasteiger partial charge in [-0.05, 0) is 13.0 Å². The largest absolute Gasteiger partial charge is 0.280 e. The zero-order valence-corrected chi connectivity index (χ0v) is 11.3. The van der Waals surface area contributed by atoms with Gasteiger partial charge in [-0.15, -0.1) is 0 Å². The van der Waals surface area contributed by atoms with Crippen molar-refractivity contribution in [2.75, 3.05) is 0 Å². The minimum absolute atomic E-state index is 0.210. The van der Waals surface area contributed by atoms with E-state index < -0.39 is 6.43 Å². The molecule has 0 N–H and O–H groups in total. The lowest BCUT2D eigenvalue weighted by Crippen LogP contribution is -2.01. The molecule has 0 bridgehead atoms. The molecule has 18 heavy (non-hydrogen) atoms. The maximum Gasteiger partial charge on any atom is 0.280 e. The molecule has 94 valence electrons. The Balaban J connectivity index is 2.50. The van der Waals surface area contributed by atoms with Crippen molar-refractivity contribution >= 4 is 15.9 Å². The van der Waals surface area contributed by atoms with E-state index in [1.165, 1.54) is 6.20 Å². The molecule has 0 saturated heterocycles. The Bertz CT molecular complexity index is 558. The number of aryl methyl sites for hydroxylation is 1. The molecular weight excluding hydrogens is 302 g/mol. The van der Waals surface area contributed by atoms with Gasteiger partial charge in [-0.1, -0.05) is 39.7 Å². The van der Waals surface area contributed by atoms with Crippen LogP contribution in [0.1, 0.15) is 23.2 Å². The van der Waals surface area contributed by atoms with Gasteiger partial charge < -0.3 is 0 Å². The average Bonchev–Trinajstić information content (AvgIpc) is 2.38. The van der Waals surface area contributed by atoms with Gasteiger partial charge in [0.2, 0.25) is 0 Å². The first-order valence-corrected chi connectivity index (χ1v) is 6.51. The summed E-state index contributed by atoms with van der Waals surface area (Å²) >= 11 is 3.16. The topological polar surface area (TPSA) is 25.8 Å². The highest BCUT2D eigenvalue weighted by atomic mass is 79.9. The number of benzene rings is 1. The van der Waals surface area contributed by atoms with Gasteiger partial charge in [-0.3, -0.25) is 0 Å². The van der Waals surface area contributed by atoms with Crippen molar-refractivity contribution in [2.45, 2.75) is 18.7 Å². The van der Waals surface area contributed by atoms with E-state index in [4.69, 9.17) is 0 Å². The lowest BCUT2D eigenvalue weighted by atomic mass is 10.1. The molecule has 1 aromatic heterocycles. The van der Waals surface area contributed by atoms with Crippen LogP contribution in [0.15, 0.2) is 30.5 Å². The molecular formula is C13H11BrF2N2. The molecule has 0 spiro atoms. The Labute approximate surface area is 112 Å². The Morgan fingerprint density at radius 3 is 2.72 bits per heavy atom. The molecule has 5 heteroatoms. The van der Waals surface area contributed by atoms with Crippen LogP contribution in [-0.4, -0.2) is 9.97 Å². The summed E-state index contributed by atoms with van der Waals surface area (Å²) in [4.78, 5) is 8.09. The molecule has 1 heterocycles. The molecule has 0 aliphatic rings. The summed E-state index contributed by atoms with van der Waals surface area (Å²) in [5.41, 5.74) is 2.00. The zero-order chi connectivity index (χ0) is 13.1. The van der Waals surface area contributed by atoms with Crippen molar-refractivity contribution in [1.82, 2.24) is 9.97 Å². The van der Waals surface area contributed by atoms with Crippen molar-refractivity contribution in [3.05, 3.63) is 47.3 Å². The van der Waals surface area contributed by atoms with Gasteiger partial charge >= 0.3 is 0 Å². The lowest BCUT2D eigenvalue weighted by molar-refractivity contribution is 0.145. The van der Waals surface area contributed by atoms with Crippen LogP contribution in [-0.2, 0) is 5.33 Å². The molecule has 2 rings (SSSR count). The van der Waals surface area contributed by atoms with Gasteiger partial charge in [0, 0.05) is 22.7 Å². The second kappa shape index (κ2) is 5.52. The summed E-state index contributed by atoms with van der Waals surface area (Å²) in [6, 6.07) is 7.47. The van der Waals surface area contributed by atoms with Crippen LogP contribution in [0, 0.1) is 6.92 Å². The highest BCUT2D eigenvalue weighted by molar-refractivity contribution is 9.08. The SMILES string of the molecule is Cc1cccc(-c2ncc(CBr)c(C(F)F)n2)c1. The van der Waals surface area contributed by atoms with E-state index in [2.05, 4.69) is 25.9 Å². The summed E-state index contributed by atoms with van der Waals surface area (Å²) in [6.07, 6.45) is -1.15. The second-order valence-electron chi connectivity index (χ2n) is 3.91. The summed E-state index contributed by atoms with van der Waals surface area (Å²) in [5, 5.41) is 0.320. The fourth-order valence-electron chi connectivity index (χ4n) is 1.64. The predicted molar refractivity (Wildman–Crippen MR) is 69.8 cm³/mol. The maximum atomic E-state index is 12.9. The number of aromatic nitrogens is 2. The van der Waals surface area contributed by atoms with E-state index in [0.717, 1.165) is 11.1 Å². The van der Waals surface area contributed by atoms with E-state index in [0.29, 0.717) is 16.7 Å². The Morgan fingerprint density at radius 1 is 1.33 bits per heavy atom. The Hall–Kier alpha value is -1.36. The van der Waals surface area contributed by atoms with Crippen molar-refractivity contribution < 1.29 is 8.78 Å². The lowest BCUT2D eigenvalue weighted by Gasteiger charge is -2.08. The third-order valence-electron chi connectivity index (χ3n) is 2.52. The first-order chi connectivity index (χ1) is 8.61. The van der Waals surface area contributed by atoms with Gasteiger partial charge in [0.15, 0.2) is 5.82 Å². The molecule has 1 aromatic carbocycles. The van der Waals surface area contributed by atoms with Crippen LogP contribution in [0.5, 0.6) is 0 Å². The summed E-state index contributed by atoms with van der Waals surface area (Å²) < 4.78 is 25.8. The average molecular weight is 313 g/mol. The molecule has 2 aromatic rings. The van der Waals surface area contributed by atoms with Crippen LogP contribution in [0.3, 0.4) is 0 Å². The third kappa shape index (κ3) is 2.72. The molecule has 0 fully saturated rings. The summed E-state index contributed by atoms with van der Waals surface area (Å²) in [6.45, 7) is 1.93. The van der Waals surface area contributed by atoms with Crippen LogP contribution < -0.4 is 0 Å². The predicted octanol–water partition coefficient (Wildman–Crippen LogP) is 4.28. The molecule has 0 atom stereocenters.